The predicted octanol–water partition coefficient (Wildman–Crippen LogP) is 3.32. The largest absolute Gasteiger partial charge is 0.367 e. The number of anilines is 1. The molecule has 1 aromatic heterocycles. The van der Waals surface area contributed by atoms with E-state index in [-0.39, 0.29) is 0 Å². The summed E-state index contributed by atoms with van der Waals surface area (Å²) in [6.45, 7) is 2.04. The molecular formula is C15H22N2O. The van der Waals surface area contributed by atoms with Gasteiger partial charge in [-0.05, 0) is 75.0 Å². The number of nitrogen functional groups attached to an aromatic ring is 1. The molecule has 4 aliphatic carbocycles. The molecule has 1 heterocycles. The molecule has 0 spiro atoms. The van der Waals surface area contributed by atoms with Gasteiger partial charge >= 0.3 is 0 Å². The Kier molecular flexibility index (Phi) is 2.13. The van der Waals surface area contributed by atoms with E-state index >= 15 is 0 Å². The molecule has 0 unspecified atom stereocenters. The molecule has 5 rings (SSSR count). The molecule has 18 heavy (non-hydrogen) atoms. The highest BCUT2D eigenvalue weighted by Gasteiger charge is 2.51. The van der Waals surface area contributed by atoms with Crippen molar-refractivity contribution in [3.63, 3.8) is 0 Å². The van der Waals surface area contributed by atoms with Crippen molar-refractivity contribution in [2.24, 2.45) is 23.2 Å². The molecule has 3 heteroatoms. The standard InChI is InChI=1S/C15H22N2O/c1-9-13(17-18-14(9)16)8-15-5-10-2-11(6-15)4-12(3-10)7-15/h10-12H,2-8,16H2,1H3. The Bertz CT molecular complexity index is 442. The van der Waals surface area contributed by atoms with Crippen LogP contribution in [-0.4, -0.2) is 5.16 Å². The van der Waals surface area contributed by atoms with Gasteiger partial charge in [0.25, 0.3) is 0 Å². The molecule has 0 aliphatic heterocycles. The number of nitrogens with zero attached hydrogens (tertiary/aromatic N) is 1. The highest BCUT2D eigenvalue weighted by molar-refractivity contribution is 5.38. The molecule has 98 valence electrons. The minimum absolute atomic E-state index is 0.509. The summed E-state index contributed by atoms with van der Waals surface area (Å²) < 4.78 is 5.14. The molecular weight excluding hydrogens is 224 g/mol. The van der Waals surface area contributed by atoms with E-state index in [2.05, 4.69) is 5.16 Å². The number of aromatic nitrogens is 1. The maximum Gasteiger partial charge on any atom is 0.225 e. The van der Waals surface area contributed by atoms with E-state index in [1.54, 1.807) is 0 Å². The molecule has 0 atom stereocenters. The normalized spacial score (nSPS) is 41.5. The van der Waals surface area contributed by atoms with Crippen molar-refractivity contribution in [3.8, 4) is 0 Å². The molecule has 4 bridgehead atoms. The lowest BCUT2D eigenvalue weighted by molar-refractivity contribution is -0.0530. The summed E-state index contributed by atoms with van der Waals surface area (Å²) in [6, 6.07) is 0. The average Bonchev–Trinajstić information content (AvgIpc) is 2.58. The van der Waals surface area contributed by atoms with Gasteiger partial charge in [-0.3, -0.25) is 0 Å². The second-order valence-corrected chi connectivity index (χ2v) is 7.21. The van der Waals surface area contributed by atoms with E-state index in [0.717, 1.165) is 35.4 Å². The van der Waals surface area contributed by atoms with Crippen molar-refractivity contribution < 1.29 is 4.52 Å². The Balaban J connectivity index is 1.62. The number of hydrogen-bond donors (Lipinski definition) is 1. The van der Waals surface area contributed by atoms with Gasteiger partial charge in [0.15, 0.2) is 0 Å². The van der Waals surface area contributed by atoms with Crippen molar-refractivity contribution >= 4 is 5.88 Å². The molecule has 0 radical (unpaired) electrons. The highest BCUT2D eigenvalue weighted by Crippen LogP contribution is 2.61. The molecule has 2 N–H and O–H groups in total. The lowest BCUT2D eigenvalue weighted by Gasteiger charge is -2.56. The maximum atomic E-state index is 5.78. The first-order chi connectivity index (χ1) is 8.63. The third kappa shape index (κ3) is 1.52. The van der Waals surface area contributed by atoms with Crippen LogP contribution in [-0.2, 0) is 6.42 Å². The van der Waals surface area contributed by atoms with E-state index in [4.69, 9.17) is 10.3 Å². The summed E-state index contributed by atoms with van der Waals surface area (Å²) in [5.74, 6) is 3.51. The van der Waals surface area contributed by atoms with Crippen molar-refractivity contribution in [1.29, 1.82) is 0 Å². The van der Waals surface area contributed by atoms with Gasteiger partial charge in [-0.2, -0.15) is 0 Å². The molecule has 3 nitrogen and oxygen atoms in total. The van der Waals surface area contributed by atoms with Crippen LogP contribution in [0.1, 0.15) is 49.8 Å². The number of hydrogen-bond acceptors (Lipinski definition) is 3. The zero-order chi connectivity index (χ0) is 12.3. The van der Waals surface area contributed by atoms with Crippen molar-refractivity contribution in [1.82, 2.24) is 5.16 Å². The molecule has 4 fully saturated rings. The second-order valence-electron chi connectivity index (χ2n) is 7.21. The first-order valence-electron chi connectivity index (χ1n) is 7.34. The lowest BCUT2D eigenvalue weighted by atomic mass is 9.48. The minimum Gasteiger partial charge on any atom is -0.367 e. The van der Waals surface area contributed by atoms with Crippen molar-refractivity contribution in [2.45, 2.75) is 51.9 Å². The first-order valence-corrected chi connectivity index (χ1v) is 7.34. The molecule has 4 aliphatic rings. The molecule has 0 aromatic carbocycles. The van der Waals surface area contributed by atoms with Crippen LogP contribution < -0.4 is 5.73 Å². The Morgan fingerprint density at radius 3 is 2.17 bits per heavy atom. The van der Waals surface area contributed by atoms with E-state index in [9.17, 15) is 0 Å². The molecule has 0 saturated heterocycles. The summed E-state index contributed by atoms with van der Waals surface area (Å²) in [6.07, 6.45) is 9.86. The van der Waals surface area contributed by atoms with Crippen LogP contribution in [0, 0.1) is 30.1 Å². The summed E-state index contributed by atoms with van der Waals surface area (Å²) in [4.78, 5) is 0. The zero-order valence-electron chi connectivity index (χ0n) is 11.1. The first kappa shape index (κ1) is 10.9. The van der Waals surface area contributed by atoms with Gasteiger partial charge in [0.2, 0.25) is 5.88 Å². The SMILES string of the molecule is Cc1c(CC23CC4CC(CC(C4)C2)C3)noc1N. The van der Waals surface area contributed by atoms with Crippen LogP contribution in [0.3, 0.4) is 0 Å². The van der Waals surface area contributed by atoms with Crippen LogP contribution in [0.5, 0.6) is 0 Å². The van der Waals surface area contributed by atoms with E-state index in [1.807, 2.05) is 6.92 Å². The summed E-state index contributed by atoms with van der Waals surface area (Å²) in [5, 5.41) is 4.19. The van der Waals surface area contributed by atoms with Gasteiger partial charge in [0.05, 0.1) is 5.69 Å². The monoisotopic (exact) mass is 246 g/mol. The van der Waals surface area contributed by atoms with E-state index in [1.165, 1.54) is 38.5 Å². The fourth-order valence-corrected chi connectivity index (χ4v) is 5.41. The van der Waals surface area contributed by atoms with E-state index in [0.29, 0.717) is 11.3 Å². The second kappa shape index (κ2) is 3.52. The number of rotatable bonds is 2. The molecule has 4 saturated carbocycles. The van der Waals surface area contributed by atoms with Gasteiger partial charge in [-0.15, -0.1) is 0 Å². The van der Waals surface area contributed by atoms with Gasteiger partial charge in [-0.1, -0.05) is 5.16 Å². The van der Waals surface area contributed by atoms with E-state index < -0.39 is 0 Å². The lowest BCUT2D eigenvalue weighted by Crippen LogP contribution is -2.47. The van der Waals surface area contributed by atoms with Gasteiger partial charge < -0.3 is 10.3 Å². The smallest absolute Gasteiger partial charge is 0.225 e. The Morgan fingerprint density at radius 2 is 1.72 bits per heavy atom. The van der Waals surface area contributed by atoms with Crippen LogP contribution in [0.2, 0.25) is 0 Å². The quantitative estimate of drug-likeness (QED) is 0.870. The average molecular weight is 246 g/mol. The Morgan fingerprint density at radius 1 is 1.17 bits per heavy atom. The topological polar surface area (TPSA) is 52.0 Å². The van der Waals surface area contributed by atoms with Gasteiger partial charge in [-0.25, -0.2) is 0 Å². The van der Waals surface area contributed by atoms with Gasteiger partial charge in [0, 0.05) is 5.56 Å². The van der Waals surface area contributed by atoms with Crippen molar-refractivity contribution in [2.75, 3.05) is 5.73 Å². The third-order valence-corrected chi connectivity index (χ3v) is 5.76. The van der Waals surface area contributed by atoms with Crippen LogP contribution in [0.15, 0.2) is 4.52 Å². The predicted molar refractivity (Wildman–Crippen MR) is 70.0 cm³/mol. The van der Waals surface area contributed by atoms with Crippen LogP contribution >= 0.6 is 0 Å². The Hall–Kier alpha value is -0.990. The fraction of sp³-hybridized carbons (Fsp3) is 0.800. The molecule has 1 aromatic rings. The Labute approximate surface area is 108 Å². The summed E-state index contributed by atoms with van der Waals surface area (Å²) >= 11 is 0. The van der Waals surface area contributed by atoms with Crippen molar-refractivity contribution in [3.05, 3.63) is 11.3 Å². The minimum atomic E-state index is 0.509. The zero-order valence-corrected chi connectivity index (χ0v) is 11.1. The summed E-state index contributed by atoms with van der Waals surface area (Å²) in [7, 11) is 0. The highest BCUT2D eigenvalue weighted by atomic mass is 16.5. The van der Waals surface area contributed by atoms with Crippen LogP contribution in [0.4, 0.5) is 5.88 Å². The summed E-state index contributed by atoms with van der Waals surface area (Å²) in [5.41, 5.74) is 8.50. The fourth-order valence-electron chi connectivity index (χ4n) is 5.41. The van der Waals surface area contributed by atoms with Crippen LogP contribution in [0.25, 0.3) is 0 Å². The number of nitrogens with two attached hydrogens (primary N) is 1. The van der Waals surface area contributed by atoms with Gasteiger partial charge in [0.1, 0.15) is 0 Å². The molecule has 0 amide bonds. The maximum absolute atomic E-state index is 5.78. The third-order valence-electron chi connectivity index (χ3n) is 5.76.